The fraction of sp³-hybridized carbons (Fsp3) is 0.250. The van der Waals surface area contributed by atoms with Crippen LogP contribution in [0.3, 0.4) is 0 Å². The predicted octanol–water partition coefficient (Wildman–Crippen LogP) is 2.67. The smallest absolute Gasteiger partial charge is 0.346 e. The minimum atomic E-state index is -3.43. The van der Waals surface area contributed by atoms with Crippen molar-refractivity contribution >= 4 is 37.2 Å². The van der Waals surface area contributed by atoms with E-state index in [0.29, 0.717) is 4.70 Å². The molecule has 1 N–H and O–H groups in total. The summed E-state index contributed by atoms with van der Waals surface area (Å²) in [5.74, 6) is -2.39. The average molecular weight is 302 g/mol. The summed E-state index contributed by atoms with van der Waals surface area (Å²) in [6.45, 7) is 1.47. The molecule has 0 saturated heterocycles. The maximum atomic E-state index is 13.8. The molecule has 4 nitrogen and oxygen atoms in total. The molecule has 1 aromatic heterocycles. The molecule has 1 heterocycles. The highest BCUT2D eigenvalue weighted by atomic mass is 32.2. The van der Waals surface area contributed by atoms with Crippen LogP contribution in [0.25, 0.3) is 10.1 Å². The Morgan fingerprint density at radius 3 is 2.68 bits per heavy atom. The van der Waals surface area contributed by atoms with Crippen molar-refractivity contribution in [3.63, 3.8) is 0 Å². The van der Waals surface area contributed by atoms with E-state index in [1.807, 2.05) is 0 Å². The van der Waals surface area contributed by atoms with E-state index in [0.717, 1.165) is 11.3 Å². The number of carbonyl (C=O) groups is 1. The second-order valence-corrected chi connectivity index (χ2v) is 7.41. The van der Waals surface area contributed by atoms with Gasteiger partial charge in [-0.2, -0.15) is 0 Å². The molecule has 1 aromatic carbocycles. The molecule has 2 rings (SSSR count). The lowest BCUT2D eigenvalue weighted by Crippen LogP contribution is -2.09. The highest BCUT2D eigenvalue weighted by Gasteiger charge is 2.23. The minimum Gasteiger partial charge on any atom is -0.477 e. The lowest BCUT2D eigenvalue weighted by Gasteiger charge is -2.03. The molecule has 0 amide bonds. The van der Waals surface area contributed by atoms with Gasteiger partial charge < -0.3 is 5.11 Å². The van der Waals surface area contributed by atoms with Crippen molar-refractivity contribution < 1.29 is 22.7 Å². The van der Waals surface area contributed by atoms with Crippen LogP contribution in [0.2, 0.25) is 0 Å². The van der Waals surface area contributed by atoms with Crippen molar-refractivity contribution in [2.24, 2.45) is 0 Å². The highest BCUT2D eigenvalue weighted by molar-refractivity contribution is 7.90. The number of thiophene rings is 1. The first-order chi connectivity index (χ1) is 8.85. The average Bonchev–Trinajstić information content (AvgIpc) is 2.69. The van der Waals surface area contributed by atoms with Gasteiger partial charge in [0.25, 0.3) is 0 Å². The van der Waals surface area contributed by atoms with E-state index in [-0.39, 0.29) is 21.6 Å². The number of sulfone groups is 1. The Kier molecular flexibility index (Phi) is 3.60. The van der Waals surface area contributed by atoms with Crippen LogP contribution in [0.4, 0.5) is 4.39 Å². The largest absolute Gasteiger partial charge is 0.477 e. The molecule has 0 aliphatic carbocycles. The van der Waals surface area contributed by atoms with Crippen molar-refractivity contribution in [1.29, 1.82) is 0 Å². The summed E-state index contributed by atoms with van der Waals surface area (Å²) < 4.78 is 37.6. The van der Waals surface area contributed by atoms with Gasteiger partial charge in [-0.1, -0.05) is 13.0 Å². The van der Waals surface area contributed by atoms with Gasteiger partial charge in [-0.25, -0.2) is 17.6 Å². The van der Waals surface area contributed by atoms with Crippen LogP contribution >= 0.6 is 11.3 Å². The summed E-state index contributed by atoms with van der Waals surface area (Å²) in [6, 6.07) is 4.25. The molecule has 2 aromatic rings. The second-order valence-electron chi connectivity index (χ2n) is 4.00. The molecule has 0 fully saturated rings. The number of hydrogen-bond acceptors (Lipinski definition) is 4. The third-order valence-corrected chi connectivity index (χ3v) is 5.56. The molecule has 0 saturated carbocycles. The molecule has 0 spiro atoms. The third kappa shape index (κ3) is 2.62. The van der Waals surface area contributed by atoms with E-state index in [1.54, 1.807) is 6.07 Å². The predicted molar refractivity (Wildman–Crippen MR) is 71.9 cm³/mol. The van der Waals surface area contributed by atoms with Crippen molar-refractivity contribution in [1.82, 2.24) is 0 Å². The third-order valence-electron chi connectivity index (χ3n) is 2.76. The van der Waals surface area contributed by atoms with Gasteiger partial charge in [0, 0.05) is 21.4 Å². The molecule has 19 heavy (non-hydrogen) atoms. The topological polar surface area (TPSA) is 71.4 Å². The van der Waals surface area contributed by atoms with E-state index in [2.05, 4.69) is 0 Å². The number of hydrogen-bond donors (Lipinski definition) is 1. The Balaban J connectivity index is 2.75. The van der Waals surface area contributed by atoms with Crippen LogP contribution in [0.15, 0.2) is 18.2 Å². The Hall–Kier alpha value is -1.47. The van der Waals surface area contributed by atoms with Gasteiger partial charge in [-0.3, -0.25) is 0 Å². The van der Waals surface area contributed by atoms with E-state index < -0.39 is 27.4 Å². The van der Waals surface area contributed by atoms with E-state index in [1.165, 1.54) is 19.1 Å². The second kappa shape index (κ2) is 4.90. The fourth-order valence-corrected chi connectivity index (χ4v) is 3.90. The number of halogens is 1. The van der Waals surface area contributed by atoms with Crippen LogP contribution in [0.5, 0.6) is 0 Å². The molecule has 0 bridgehead atoms. The highest BCUT2D eigenvalue weighted by Crippen LogP contribution is 2.34. The minimum absolute atomic E-state index is 0.0486. The van der Waals surface area contributed by atoms with Crippen molar-refractivity contribution in [3.05, 3.63) is 34.5 Å². The number of aromatic carboxylic acids is 1. The number of rotatable bonds is 4. The van der Waals surface area contributed by atoms with E-state index >= 15 is 0 Å². The van der Waals surface area contributed by atoms with Crippen LogP contribution in [-0.4, -0.2) is 25.2 Å². The van der Waals surface area contributed by atoms with Crippen LogP contribution in [-0.2, 0) is 15.6 Å². The van der Waals surface area contributed by atoms with Gasteiger partial charge in [0.2, 0.25) is 0 Å². The SMILES string of the molecule is CCS(=O)(=O)Cc1c(C(=O)O)sc2cccc(F)c12. The molecule has 0 aliphatic heterocycles. The number of carboxylic acid groups (broad SMARTS) is 1. The van der Waals surface area contributed by atoms with Crippen molar-refractivity contribution in [3.8, 4) is 0 Å². The summed E-state index contributed by atoms with van der Waals surface area (Å²) in [5, 5.41) is 9.22. The van der Waals surface area contributed by atoms with Gasteiger partial charge in [-0.05, 0) is 12.1 Å². The standard InChI is InChI=1S/C12H11FO4S2/c1-2-19(16,17)6-7-10-8(13)4-3-5-9(10)18-11(7)12(14)15/h3-5H,2,6H2,1H3,(H,14,15). The summed E-state index contributed by atoms with van der Waals surface area (Å²) >= 11 is 0.893. The maximum Gasteiger partial charge on any atom is 0.346 e. The lowest BCUT2D eigenvalue weighted by atomic mass is 10.1. The number of carboxylic acids is 1. The molecular formula is C12H11FO4S2. The van der Waals surface area contributed by atoms with E-state index in [9.17, 15) is 17.6 Å². The van der Waals surface area contributed by atoms with Gasteiger partial charge >= 0.3 is 5.97 Å². The van der Waals surface area contributed by atoms with Gasteiger partial charge in [0.1, 0.15) is 10.7 Å². The molecule has 0 unspecified atom stereocenters. The fourth-order valence-electron chi connectivity index (χ4n) is 1.80. The zero-order valence-corrected chi connectivity index (χ0v) is 11.6. The lowest BCUT2D eigenvalue weighted by molar-refractivity contribution is 0.0701. The first-order valence-corrected chi connectivity index (χ1v) is 8.13. The monoisotopic (exact) mass is 302 g/mol. The Morgan fingerprint density at radius 1 is 1.42 bits per heavy atom. The van der Waals surface area contributed by atoms with Crippen molar-refractivity contribution in [2.45, 2.75) is 12.7 Å². The zero-order valence-electron chi connectivity index (χ0n) is 10.0. The summed E-state index contributed by atoms with van der Waals surface area (Å²) in [5.41, 5.74) is 0.0486. The van der Waals surface area contributed by atoms with Crippen molar-refractivity contribution in [2.75, 3.05) is 5.75 Å². The summed E-state index contributed by atoms with van der Waals surface area (Å²) in [4.78, 5) is 11.1. The normalized spacial score (nSPS) is 11.9. The summed E-state index contributed by atoms with van der Waals surface area (Å²) in [6.07, 6.45) is 0. The van der Waals surface area contributed by atoms with Gasteiger partial charge in [-0.15, -0.1) is 11.3 Å². The van der Waals surface area contributed by atoms with Crippen LogP contribution < -0.4 is 0 Å². The number of fused-ring (bicyclic) bond motifs is 1. The number of benzene rings is 1. The van der Waals surface area contributed by atoms with Crippen LogP contribution in [0, 0.1) is 5.82 Å². The Labute approximate surface area is 113 Å². The summed E-state index contributed by atoms with van der Waals surface area (Å²) in [7, 11) is -3.43. The van der Waals surface area contributed by atoms with E-state index in [4.69, 9.17) is 5.11 Å². The maximum absolute atomic E-state index is 13.8. The van der Waals surface area contributed by atoms with Gasteiger partial charge in [0.15, 0.2) is 9.84 Å². The van der Waals surface area contributed by atoms with Gasteiger partial charge in [0.05, 0.1) is 5.75 Å². The first kappa shape index (κ1) is 14.0. The molecule has 7 heteroatoms. The Bertz CT molecular complexity index is 746. The molecular weight excluding hydrogens is 291 g/mol. The molecule has 102 valence electrons. The van der Waals surface area contributed by atoms with Crippen LogP contribution in [0.1, 0.15) is 22.2 Å². The zero-order chi connectivity index (χ0) is 14.2. The molecule has 0 atom stereocenters. The first-order valence-electron chi connectivity index (χ1n) is 5.49. The Morgan fingerprint density at radius 2 is 2.11 bits per heavy atom. The molecule has 0 radical (unpaired) electrons. The quantitative estimate of drug-likeness (QED) is 0.942. The molecule has 0 aliphatic rings.